The van der Waals surface area contributed by atoms with Crippen molar-refractivity contribution in [2.75, 3.05) is 6.61 Å². The minimum atomic E-state index is -0.918. The second-order valence-corrected chi connectivity index (χ2v) is 2.36. The van der Waals surface area contributed by atoms with Gasteiger partial charge in [-0.1, -0.05) is 0 Å². The van der Waals surface area contributed by atoms with Crippen molar-refractivity contribution in [1.82, 2.24) is 0 Å². The van der Waals surface area contributed by atoms with Gasteiger partial charge in [-0.2, -0.15) is 0 Å². The fourth-order valence-corrected chi connectivity index (χ4v) is 0.785. The van der Waals surface area contributed by atoms with Crippen molar-refractivity contribution in [3.63, 3.8) is 0 Å². The van der Waals surface area contributed by atoms with Crippen molar-refractivity contribution in [3.05, 3.63) is 12.3 Å². The van der Waals surface area contributed by atoms with E-state index in [0.717, 1.165) is 0 Å². The zero-order valence-electron chi connectivity index (χ0n) is 6.28. The smallest absolute Gasteiger partial charge is 0.373 e. The van der Waals surface area contributed by atoms with Gasteiger partial charge >= 0.3 is 11.9 Å². The molecule has 1 heterocycles. The van der Waals surface area contributed by atoms with E-state index in [0.29, 0.717) is 0 Å². The SMILES string of the molecule is C=C(O)C(=O)OC1COC(=O)C1. The molecule has 0 bridgehead atoms. The Morgan fingerprint density at radius 2 is 2.42 bits per heavy atom. The molecule has 5 heteroatoms. The number of aliphatic hydroxyl groups is 1. The molecule has 1 unspecified atom stereocenters. The molecule has 66 valence electrons. The summed E-state index contributed by atoms with van der Waals surface area (Å²) in [5.41, 5.74) is 0. The van der Waals surface area contributed by atoms with Crippen LogP contribution >= 0.6 is 0 Å². The fourth-order valence-electron chi connectivity index (χ4n) is 0.785. The third kappa shape index (κ3) is 1.98. The van der Waals surface area contributed by atoms with Crippen LogP contribution in [-0.2, 0) is 19.1 Å². The van der Waals surface area contributed by atoms with E-state index in [2.05, 4.69) is 16.1 Å². The number of esters is 2. The maximum absolute atomic E-state index is 10.7. The van der Waals surface area contributed by atoms with Crippen LogP contribution in [0.15, 0.2) is 12.3 Å². The normalized spacial score (nSPS) is 21.7. The van der Waals surface area contributed by atoms with E-state index in [1.165, 1.54) is 0 Å². The van der Waals surface area contributed by atoms with E-state index >= 15 is 0 Å². The quantitative estimate of drug-likeness (QED) is 0.358. The van der Waals surface area contributed by atoms with Gasteiger partial charge in [-0.25, -0.2) is 4.79 Å². The summed E-state index contributed by atoms with van der Waals surface area (Å²) in [4.78, 5) is 21.2. The largest absolute Gasteiger partial charge is 0.502 e. The van der Waals surface area contributed by atoms with E-state index in [-0.39, 0.29) is 13.0 Å². The van der Waals surface area contributed by atoms with Crippen LogP contribution in [0.4, 0.5) is 0 Å². The first-order chi connectivity index (χ1) is 5.59. The molecule has 5 nitrogen and oxygen atoms in total. The van der Waals surface area contributed by atoms with E-state index in [4.69, 9.17) is 5.11 Å². The molecule has 0 saturated carbocycles. The number of cyclic esters (lactones) is 1. The molecular weight excluding hydrogens is 164 g/mol. The standard InChI is InChI=1S/C7H8O5/c1-4(8)7(10)12-5-2-6(9)11-3-5/h5,8H,1-3H2. The first-order valence-electron chi connectivity index (χ1n) is 3.34. The molecule has 1 saturated heterocycles. The van der Waals surface area contributed by atoms with Crippen molar-refractivity contribution in [2.45, 2.75) is 12.5 Å². The van der Waals surface area contributed by atoms with Gasteiger partial charge < -0.3 is 14.6 Å². The predicted octanol–water partition coefficient (Wildman–Crippen LogP) is -0.0832. The Morgan fingerprint density at radius 1 is 1.75 bits per heavy atom. The van der Waals surface area contributed by atoms with Gasteiger partial charge in [-0.15, -0.1) is 0 Å². The van der Waals surface area contributed by atoms with Crippen LogP contribution < -0.4 is 0 Å². The topological polar surface area (TPSA) is 72.8 Å². The summed E-state index contributed by atoms with van der Waals surface area (Å²) in [6, 6.07) is 0. The fraction of sp³-hybridized carbons (Fsp3) is 0.429. The molecule has 0 amide bonds. The summed E-state index contributed by atoms with van der Waals surface area (Å²) >= 11 is 0. The van der Waals surface area contributed by atoms with E-state index < -0.39 is 23.8 Å². The molecule has 0 radical (unpaired) electrons. The first kappa shape index (κ1) is 8.58. The summed E-state index contributed by atoms with van der Waals surface area (Å²) in [7, 11) is 0. The Hall–Kier alpha value is -1.52. The van der Waals surface area contributed by atoms with Crippen molar-refractivity contribution < 1.29 is 24.2 Å². The lowest BCUT2D eigenvalue weighted by Crippen LogP contribution is -2.18. The maximum atomic E-state index is 10.7. The van der Waals surface area contributed by atoms with Crippen LogP contribution in [0.5, 0.6) is 0 Å². The Kier molecular flexibility index (Phi) is 2.32. The van der Waals surface area contributed by atoms with Crippen molar-refractivity contribution in [3.8, 4) is 0 Å². The second kappa shape index (κ2) is 3.25. The van der Waals surface area contributed by atoms with Crippen LogP contribution in [0.2, 0.25) is 0 Å². The lowest BCUT2D eigenvalue weighted by atomic mass is 10.3. The van der Waals surface area contributed by atoms with Crippen LogP contribution in [0, 0.1) is 0 Å². The number of hydrogen-bond donors (Lipinski definition) is 1. The molecule has 0 aliphatic carbocycles. The summed E-state index contributed by atoms with van der Waals surface area (Å²) in [5, 5.41) is 8.55. The molecule has 1 rings (SSSR count). The predicted molar refractivity (Wildman–Crippen MR) is 37.2 cm³/mol. The highest BCUT2D eigenvalue weighted by Crippen LogP contribution is 2.10. The monoisotopic (exact) mass is 172 g/mol. The van der Waals surface area contributed by atoms with Crippen molar-refractivity contribution in [1.29, 1.82) is 0 Å². The zero-order chi connectivity index (χ0) is 9.14. The Labute approximate surface area is 68.6 Å². The zero-order valence-corrected chi connectivity index (χ0v) is 6.28. The molecule has 1 fully saturated rings. The summed E-state index contributed by atoms with van der Waals surface area (Å²) in [5.74, 6) is -2.00. The molecular formula is C7H8O5. The van der Waals surface area contributed by atoms with E-state index in [9.17, 15) is 9.59 Å². The van der Waals surface area contributed by atoms with Crippen molar-refractivity contribution >= 4 is 11.9 Å². The highest BCUT2D eigenvalue weighted by atomic mass is 16.6. The number of rotatable bonds is 2. The van der Waals surface area contributed by atoms with Gasteiger partial charge in [0.15, 0.2) is 5.76 Å². The lowest BCUT2D eigenvalue weighted by molar-refractivity contribution is -0.147. The van der Waals surface area contributed by atoms with Crippen molar-refractivity contribution in [2.24, 2.45) is 0 Å². The van der Waals surface area contributed by atoms with Crippen LogP contribution in [0.3, 0.4) is 0 Å². The highest BCUT2D eigenvalue weighted by molar-refractivity contribution is 5.85. The molecule has 12 heavy (non-hydrogen) atoms. The molecule has 0 aromatic rings. The third-order valence-corrected chi connectivity index (χ3v) is 1.33. The van der Waals surface area contributed by atoms with Gasteiger partial charge in [-0.3, -0.25) is 4.79 Å². The summed E-state index contributed by atoms with van der Waals surface area (Å²) < 4.78 is 9.13. The second-order valence-electron chi connectivity index (χ2n) is 2.36. The number of hydrogen-bond acceptors (Lipinski definition) is 5. The Morgan fingerprint density at radius 3 is 2.83 bits per heavy atom. The minimum absolute atomic E-state index is 0.0407. The van der Waals surface area contributed by atoms with Crippen LogP contribution in [-0.4, -0.2) is 29.8 Å². The lowest BCUT2D eigenvalue weighted by Gasteiger charge is -2.06. The molecule has 1 atom stereocenters. The summed E-state index contributed by atoms with van der Waals surface area (Å²) in [6.45, 7) is 3.02. The Bertz CT molecular complexity index is 232. The molecule has 0 spiro atoms. The minimum Gasteiger partial charge on any atom is -0.502 e. The number of ether oxygens (including phenoxy) is 2. The Balaban J connectivity index is 2.37. The van der Waals surface area contributed by atoms with Gasteiger partial charge in [0.05, 0.1) is 6.42 Å². The summed E-state index contributed by atoms with van der Waals surface area (Å²) in [6.07, 6.45) is -0.548. The molecule has 1 aliphatic rings. The van der Waals surface area contributed by atoms with Gasteiger partial charge in [0.2, 0.25) is 0 Å². The van der Waals surface area contributed by atoms with Gasteiger partial charge in [-0.05, 0) is 6.58 Å². The van der Waals surface area contributed by atoms with E-state index in [1.807, 2.05) is 0 Å². The van der Waals surface area contributed by atoms with Gasteiger partial charge in [0.25, 0.3) is 0 Å². The number of carbonyl (C=O) groups excluding carboxylic acids is 2. The van der Waals surface area contributed by atoms with E-state index in [1.54, 1.807) is 0 Å². The maximum Gasteiger partial charge on any atom is 0.373 e. The first-order valence-corrected chi connectivity index (χ1v) is 3.34. The van der Waals surface area contributed by atoms with Crippen LogP contribution in [0.25, 0.3) is 0 Å². The highest BCUT2D eigenvalue weighted by Gasteiger charge is 2.27. The number of carbonyl (C=O) groups is 2. The third-order valence-electron chi connectivity index (χ3n) is 1.33. The average molecular weight is 172 g/mol. The molecule has 1 N–H and O–H groups in total. The van der Waals surface area contributed by atoms with Crippen LogP contribution in [0.1, 0.15) is 6.42 Å². The number of aliphatic hydroxyl groups excluding tert-OH is 1. The molecule has 0 aromatic heterocycles. The molecule has 0 aromatic carbocycles. The molecule has 1 aliphatic heterocycles. The van der Waals surface area contributed by atoms with Gasteiger partial charge in [0.1, 0.15) is 12.7 Å². The average Bonchev–Trinajstić information content (AvgIpc) is 2.35. The van der Waals surface area contributed by atoms with Gasteiger partial charge in [0, 0.05) is 0 Å².